The van der Waals surface area contributed by atoms with Gasteiger partial charge in [-0.05, 0) is 63.6 Å². The summed E-state index contributed by atoms with van der Waals surface area (Å²) in [6, 6.07) is 1.79. The predicted octanol–water partition coefficient (Wildman–Crippen LogP) is 3.25. The Morgan fingerprint density at radius 1 is 1.23 bits per heavy atom. The zero-order valence-electron chi connectivity index (χ0n) is 16.6. The van der Waals surface area contributed by atoms with Crippen LogP contribution in [0.4, 0.5) is 5.95 Å². The van der Waals surface area contributed by atoms with Crippen LogP contribution in [0.1, 0.15) is 41.1 Å². The minimum atomic E-state index is -0.127. The third kappa shape index (κ3) is 6.58. The van der Waals surface area contributed by atoms with Gasteiger partial charge in [0.15, 0.2) is 5.95 Å². The summed E-state index contributed by atoms with van der Waals surface area (Å²) in [4.78, 5) is 19.4. The standard InChI is InChI=1S/C18H24Br2N8O.ClH/c1-27-15(9-14(19)16(27)20)17(29)22-7-8-28-11-13(25-26-28)6-4-2-3-5-12-10-23-18(21)24-12;/h9-11H,2-8H2,1H3,(H,22,29)(H3,21,23,24);1H. The van der Waals surface area contributed by atoms with Gasteiger partial charge in [-0.25, -0.2) is 4.98 Å². The molecule has 0 unspecified atom stereocenters. The highest BCUT2D eigenvalue weighted by atomic mass is 79.9. The number of aromatic nitrogens is 6. The molecule has 3 rings (SSSR count). The van der Waals surface area contributed by atoms with E-state index in [1.807, 2.05) is 19.4 Å². The number of nitrogens with two attached hydrogens (primary N) is 1. The summed E-state index contributed by atoms with van der Waals surface area (Å²) < 4.78 is 5.23. The molecule has 0 saturated heterocycles. The lowest BCUT2D eigenvalue weighted by Crippen LogP contribution is -2.28. The van der Waals surface area contributed by atoms with Crippen LogP contribution in [-0.2, 0) is 26.4 Å². The number of nitrogen functional groups attached to an aromatic ring is 1. The van der Waals surface area contributed by atoms with Gasteiger partial charge in [0, 0.05) is 26.0 Å². The minimum absolute atomic E-state index is 0. The zero-order valence-corrected chi connectivity index (χ0v) is 20.6. The first-order chi connectivity index (χ1) is 13.9. The number of halogens is 3. The average Bonchev–Trinajstić information content (AvgIpc) is 3.38. The fourth-order valence-electron chi connectivity index (χ4n) is 2.99. The van der Waals surface area contributed by atoms with E-state index in [0.717, 1.165) is 52.6 Å². The minimum Gasteiger partial charge on any atom is -0.369 e. The van der Waals surface area contributed by atoms with Crippen LogP contribution in [0.15, 0.2) is 27.5 Å². The summed E-state index contributed by atoms with van der Waals surface area (Å²) in [6.45, 7) is 1.06. The first-order valence-corrected chi connectivity index (χ1v) is 11.0. The third-order valence-electron chi connectivity index (χ3n) is 4.58. The van der Waals surface area contributed by atoms with Crippen LogP contribution in [-0.4, -0.2) is 42.0 Å². The van der Waals surface area contributed by atoms with Crippen molar-refractivity contribution >= 4 is 56.1 Å². The molecule has 12 heteroatoms. The van der Waals surface area contributed by atoms with Crippen molar-refractivity contribution in [3.8, 4) is 0 Å². The van der Waals surface area contributed by atoms with E-state index in [1.165, 1.54) is 0 Å². The number of nitrogens with one attached hydrogen (secondary N) is 2. The smallest absolute Gasteiger partial charge is 0.268 e. The van der Waals surface area contributed by atoms with Crippen LogP contribution in [0.25, 0.3) is 0 Å². The largest absolute Gasteiger partial charge is 0.369 e. The SMILES string of the molecule is Cl.Cn1c(C(=O)NCCn2cc(CCCCCc3c[nH]c(N)n3)nn2)cc(Br)c1Br. The summed E-state index contributed by atoms with van der Waals surface area (Å²) in [6.07, 6.45) is 8.82. The highest BCUT2D eigenvalue weighted by molar-refractivity contribution is 9.13. The molecule has 0 aliphatic heterocycles. The van der Waals surface area contributed by atoms with Crippen LogP contribution < -0.4 is 11.1 Å². The van der Waals surface area contributed by atoms with Gasteiger partial charge in [-0.3, -0.25) is 9.48 Å². The Hall–Kier alpha value is -1.85. The number of unbranched alkanes of at least 4 members (excludes halogenated alkanes) is 2. The van der Waals surface area contributed by atoms with Crippen molar-refractivity contribution in [3.63, 3.8) is 0 Å². The number of hydrogen-bond acceptors (Lipinski definition) is 5. The van der Waals surface area contributed by atoms with Crippen LogP contribution >= 0.6 is 44.3 Å². The molecule has 0 atom stereocenters. The van der Waals surface area contributed by atoms with Gasteiger partial charge in [0.1, 0.15) is 5.69 Å². The molecule has 30 heavy (non-hydrogen) atoms. The van der Waals surface area contributed by atoms with Crippen molar-refractivity contribution in [2.24, 2.45) is 7.05 Å². The Kier molecular flexibility index (Phi) is 9.37. The number of carbonyl (C=O) groups is 1. The fourth-order valence-corrected chi connectivity index (χ4v) is 3.78. The van der Waals surface area contributed by atoms with Crippen LogP contribution in [0.3, 0.4) is 0 Å². The number of H-pyrrole nitrogens is 1. The van der Waals surface area contributed by atoms with Crippen molar-refractivity contribution in [2.45, 2.75) is 38.6 Å². The monoisotopic (exact) mass is 562 g/mol. The Bertz CT molecular complexity index is 967. The van der Waals surface area contributed by atoms with E-state index in [9.17, 15) is 4.79 Å². The van der Waals surface area contributed by atoms with Gasteiger partial charge in [0.2, 0.25) is 0 Å². The number of aryl methyl sites for hydroxylation is 2. The normalized spacial score (nSPS) is 10.8. The van der Waals surface area contributed by atoms with Gasteiger partial charge >= 0.3 is 0 Å². The number of aromatic amines is 1. The molecule has 3 aromatic heterocycles. The number of hydrogen-bond donors (Lipinski definition) is 3. The molecule has 0 spiro atoms. The molecule has 3 heterocycles. The summed E-state index contributed by atoms with van der Waals surface area (Å²) in [5, 5.41) is 11.3. The number of anilines is 1. The number of rotatable bonds is 10. The van der Waals surface area contributed by atoms with Crippen molar-refractivity contribution in [3.05, 3.63) is 44.6 Å². The molecule has 1 amide bonds. The molecule has 164 valence electrons. The quantitative estimate of drug-likeness (QED) is 0.327. The molecule has 9 nitrogen and oxygen atoms in total. The van der Waals surface area contributed by atoms with E-state index in [4.69, 9.17) is 5.73 Å². The lowest BCUT2D eigenvalue weighted by molar-refractivity contribution is 0.0943. The maximum Gasteiger partial charge on any atom is 0.268 e. The van der Waals surface area contributed by atoms with Crippen LogP contribution in [0.5, 0.6) is 0 Å². The third-order valence-corrected chi connectivity index (χ3v) is 6.67. The first-order valence-electron chi connectivity index (χ1n) is 9.41. The van der Waals surface area contributed by atoms with E-state index in [2.05, 4.69) is 57.5 Å². The number of carbonyl (C=O) groups excluding carboxylic acids is 1. The molecular formula is C18H25Br2ClN8O. The van der Waals surface area contributed by atoms with Crippen molar-refractivity contribution < 1.29 is 4.79 Å². The summed E-state index contributed by atoms with van der Waals surface area (Å²) >= 11 is 6.83. The summed E-state index contributed by atoms with van der Waals surface area (Å²) in [5.74, 6) is 0.343. The molecule has 0 aliphatic carbocycles. The van der Waals surface area contributed by atoms with Gasteiger partial charge in [-0.15, -0.1) is 17.5 Å². The Labute approximate surface area is 197 Å². The van der Waals surface area contributed by atoms with Gasteiger partial charge < -0.3 is 20.6 Å². The van der Waals surface area contributed by atoms with Crippen molar-refractivity contribution in [1.29, 1.82) is 0 Å². The molecule has 0 aliphatic rings. The van der Waals surface area contributed by atoms with E-state index >= 15 is 0 Å². The van der Waals surface area contributed by atoms with Gasteiger partial charge in [-0.1, -0.05) is 11.6 Å². The van der Waals surface area contributed by atoms with E-state index in [0.29, 0.717) is 24.7 Å². The zero-order chi connectivity index (χ0) is 20.8. The molecule has 0 saturated carbocycles. The van der Waals surface area contributed by atoms with Crippen LogP contribution in [0.2, 0.25) is 0 Å². The molecule has 0 radical (unpaired) electrons. The second kappa shape index (κ2) is 11.5. The highest BCUT2D eigenvalue weighted by Crippen LogP contribution is 2.26. The highest BCUT2D eigenvalue weighted by Gasteiger charge is 2.14. The summed E-state index contributed by atoms with van der Waals surface area (Å²) in [5.41, 5.74) is 8.13. The van der Waals surface area contributed by atoms with Gasteiger partial charge in [0.25, 0.3) is 5.91 Å². The van der Waals surface area contributed by atoms with Crippen molar-refractivity contribution in [1.82, 2.24) is 34.8 Å². The van der Waals surface area contributed by atoms with Gasteiger partial charge in [0.05, 0.1) is 27.0 Å². The summed E-state index contributed by atoms with van der Waals surface area (Å²) in [7, 11) is 1.83. The fraction of sp³-hybridized carbons (Fsp3) is 0.444. The van der Waals surface area contributed by atoms with E-state index in [-0.39, 0.29) is 18.3 Å². The number of amides is 1. The number of imidazole rings is 1. The van der Waals surface area contributed by atoms with Crippen molar-refractivity contribution in [2.75, 3.05) is 12.3 Å². The molecular weight excluding hydrogens is 540 g/mol. The maximum atomic E-state index is 12.3. The molecule has 4 N–H and O–H groups in total. The Morgan fingerprint density at radius 3 is 2.60 bits per heavy atom. The molecule has 3 aromatic rings. The Morgan fingerprint density at radius 2 is 1.97 bits per heavy atom. The van der Waals surface area contributed by atoms with Crippen LogP contribution in [0, 0.1) is 0 Å². The van der Waals surface area contributed by atoms with E-state index in [1.54, 1.807) is 15.3 Å². The lowest BCUT2D eigenvalue weighted by Gasteiger charge is -2.06. The second-order valence-electron chi connectivity index (χ2n) is 6.79. The molecule has 0 fully saturated rings. The van der Waals surface area contributed by atoms with Gasteiger partial charge in [-0.2, -0.15) is 0 Å². The number of nitrogens with zero attached hydrogens (tertiary/aromatic N) is 5. The average molecular weight is 565 g/mol. The predicted molar refractivity (Wildman–Crippen MR) is 125 cm³/mol. The molecule has 0 aromatic carbocycles. The topological polar surface area (TPSA) is 119 Å². The maximum absolute atomic E-state index is 12.3. The molecule has 0 bridgehead atoms. The first kappa shape index (κ1) is 24.4. The second-order valence-corrected chi connectivity index (χ2v) is 8.40. The lowest BCUT2D eigenvalue weighted by atomic mass is 10.1. The Balaban J connectivity index is 0.00000320. The van der Waals surface area contributed by atoms with E-state index < -0.39 is 0 Å².